The van der Waals surface area contributed by atoms with Crippen LogP contribution in [0.4, 0.5) is 0 Å². The van der Waals surface area contributed by atoms with Gasteiger partial charge in [0.25, 0.3) is 0 Å². The summed E-state index contributed by atoms with van der Waals surface area (Å²) in [4.78, 5) is 14.2. The van der Waals surface area contributed by atoms with Crippen molar-refractivity contribution in [3.8, 4) is 0 Å². The van der Waals surface area contributed by atoms with Crippen molar-refractivity contribution in [1.82, 2.24) is 14.9 Å². The maximum absolute atomic E-state index is 12.4. The number of rotatable bonds is 3. The molecule has 0 aromatic heterocycles. The van der Waals surface area contributed by atoms with Crippen molar-refractivity contribution in [2.75, 3.05) is 25.9 Å². The van der Waals surface area contributed by atoms with E-state index >= 15 is 0 Å². The molecule has 110 valence electrons. The number of hydrogen-bond donors (Lipinski definition) is 2. The fourth-order valence-electron chi connectivity index (χ4n) is 2.86. The molecule has 2 fully saturated rings. The summed E-state index contributed by atoms with van der Waals surface area (Å²) in [6, 6.07) is -0.220. The van der Waals surface area contributed by atoms with E-state index in [9.17, 15) is 13.2 Å². The van der Waals surface area contributed by atoms with Gasteiger partial charge in [-0.2, -0.15) is 0 Å². The lowest BCUT2D eigenvalue weighted by Gasteiger charge is -2.36. The van der Waals surface area contributed by atoms with Crippen LogP contribution in [0.1, 0.15) is 32.1 Å². The van der Waals surface area contributed by atoms with E-state index in [0.29, 0.717) is 6.54 Å². The van der Waals surface area contributed by atoms with Crippen LogP contribution in [0.2, 0.25) is 0 Å². The molecule has 0 spiro atoms. The van der Waals surface area contributed by atoms with Gasteiger partial charge in [-0.1, -0.05) is 6.42 Å². The third-order valence-electron chi connectivity index (χ3n) is 3.72. The lowest BCUT2D eigenvalue weighted by molar-refractivity contribution is -0.135. The van der Waals surface area contributed by atoms with Crippen LogP contribution in [0.5, 0.6) is 0 Å². The van der Waals surface area contributed by atoms with Crippen molar-refractivity contribution in [2.24, 2.45) is 0 Å². The molecule has 2 heterocycles. The number of nitrogens with one attached hydrogen (secondary N) is 2. The third kappa shape index (κ3) is 4.43. The van der Waals surface area contributed by atoms with Crippen molar-refractivity contribution in [1.29, 1.82) is 0 Å². The van der Waals surface area contributed by atoms with Gasteiger partial charge in [-0.15, -0.1) is 0 Å². The zero-order valence-corrected chi connectivity index (χ0v) is 12.2. The van der Waals surface area contributed by atoms with Crippen LogP contribution in [-0.2, 0) is 14.8 Å². The lowest BCUT2D eigenvalue weighted by Crippen LogP contribution is -2.55. The van der Waals surface area contributed by atoms with Crippen molar-refractivity contribution in [3.63, 3.8) is 0 Å². The first-order valence-corrected chi connectivity index (χ1v) is 8.84. The van der Waals surface area contributed by atoms with Crippen LogP contribution in [0, 0.1) is 0 Å². The minimum Gasteiger partial charge on any atom is -0.340 e. The van der Waals surface area contributed by atoms with Crippen LogP contribution in [0.3, 0.4) is 0 Å². The zero-order chi connectivity index (χ0) is 13.9. The van der Waals surface area contributed by atoms with Gasteiger partial charge in [0.2, 0.25) is 15.9 Å². The molecule has 0 saturated carbocycles. The molecule has 0 aromatic carbocycles. The normalized spacial score (nSPS) is 29.2. The van der Waals surface area contributed by atoms with Crippen LogP contribution < -0.4 is 10.0 Å². The molecule has 2 rings (SSSR count). The third-order valence-corrected chi connectivity index (χ3v) is 4.48. The van der Waals surface area contributed by atoms with E-state index < -0.39 is 10.0 Å². The predicted molar refractivity (Wildman–Crippen MR) is 73.2 cm³/mol. The summed E-state index contributed by atoms with van der Waals surface area (Å²) in [7, 11) is -3.20. The molecule has 0 aliphatic carbocycles. The Morgan fingerprint density at radius 3 is 2.68 bits per heavy atom. The Balaban J connectivity index is 1.91. The van der Waals surface area contributed by atoms with Crippen LogP contribution >= 0.6 is 0 Å². The quantitative estimate of drug-likeness (QED) is 0.745. The Kier molecular flexibility index (Phi) is 4.81. The Bertz CT molecular complexity index is 418. The second-order valence-corrected chi connectivity index (χ2v) is 7.30. The molecule has 2 aliphatic rings. The molecule has 0 radical (unpaired) electrons. The van der Waals surface area contributed by atoms with Gasteiger partial charge in [0.05, 0.1) is 12.3 Å². The molecule has 19 heavy (non-hydrogen) atoms. The highest BCUT2D eigenvalue weighted by molar-refractivity contribution is 7.88. The van der Waals surface area contributed by atoms with Crippen molar-refractivity contribution >= 4 is 15.9 Å². The summed E-state index contributed by atoms with van der Waals surface area (Å²) >= 11 is 0. The molecular weight excluding hydrogens is 266 g/mol. The summed E-state index contributed by atoms with van der Waals surface area (Å²) < 4.78 is 25.1. The van der Waals surface area contributed by atoms with Crippen LogP contribution in [0.15, 0.2) is 0 Å². The molecule has 2 saturated heterocycles. The number of likely N-dealkylation sites (tertiary alicyclic amines) is 1. The Morgan fingerprint density at radius 1 is 1.26 bits per heavy atom. The largest absolute Gasteiger partial charge is 0.340 e. The summed E-state index contributed by atoms with van der Waals surface area (Å²) in [5.41, 5.74) is 0. The summed E-state index contributed by atoms with van der Waals surface area (Å²) in [5, 5.41) is 3.25. The number of carbonyl (C=O) groups excluding carboxylic acids is 1. The van der Waals surface area contributed by atoms with Crippen LogP contribution in [0.25, 0.3) is 0 Å². The number of nitrogens with zero attached hydrogens (tertiary/aromatic N) is 1. The number of hydrogen-bond acceptors (Lipinski definition) is 4. The second-order valence-electron chi connectivity index (χ2n) is 5.52. The van der Waals surface area contributed by atoms with Gasteiger partial charge in [0.1, 0.15) is 0 Å². The number of amides is 1. The average Bonchev–Trinajstić information content (AvgIpc) is 2.37. The highest BCUT2D eigenvalue weighted by atomic mass is 32.2. The van der Waals surface area contributed by atoms with E-state index in [-0.39, 0.29) is 18.0 Å². The van der Waals surface area contributed by atoms with Gasteiger partial charge in [-0.3, -0.25) is 4.79 Å². The minimum atomic E-state index is -3.20. The van der Waals surface area contributed by atoms with Crippen molar-refractivity contribution < 1.29 is 13.2 Å². The lowest BCUT2D eigenvalue weighted by atomic mass is 10.0. The zero-order valence-electron chi connectivity index (χ0n) is 11.4. The molecule has 6 nitrogen and oxygen atoms in total. The number of sulfonamides is 1. The van der Waals surface area contributed by atoms with E-state index in [4.69, 9.17) is 0 Å². The number of piperidine rings is 2. The van der Waals surface area contributed by atoms with Gasteiger partial charge in [0.15, 0.2) is 0 Å². The highest BCUT2D eigenvalue weighted by Gasteiger charge is 2.30. The maximum Gasteiger partial charge on any atom is 0.239 e. The Hall–Kier alpha value is -0.660. The van der Waals surface area contributed by atoms with Gasteiger partial charge < -0.3 is 10.2 Å². The topological polar surface area (TPSA) is 78.5 Å². The van der Waals surface area contributed by atoms with Crippen molar-refractivity contribution in [3.05, 3.63) is 0 Å². The number of carbonyl (C=O) groups is 1. The Labute approximate surface area is 115 Å². The monoisotopic (exact) mass is 289 g/mol. The molecule has 2 atom stereocenters. The van der Waals surface area contributed by atoms with E-state index in [1.165, 1.54) is 0 Å². The SMILES string of the molecule is CS(=O)(=O)NC1CCCN(C(=O)[C@H]2CCCCN2)C1. The van der Waals surface area contributed by atoms with Crippen LogP contribution in [-0.4, -0.2) is 57.2 Å². The molecule has 2 aliphatic heterocycles. The fourth-order valence-corrected chi connectivity index (χ4v) is 3.66. The molecular formula is C12H23N3O3S. The van der Waals surface area contributed by atoms with Crippen molar-refractivity contribution in [2.45, 2.75) is 44.2 Å². The smallest absolute Gasteiger partial charge is 0.239 e. The first-order valence-electron chi connectivity index (χ1n) is 6.95. The molecule has 1 unspecified atom stereocenters. The first-order chi connectivity index (χ1) is 8.96. The predicted octanol–water partition coefficient (Wildman–Crippen LogP) is -0.331. The van der Waals surface area contributed by atoms with E-state index in [1.54, 1.807) is 4.90 Å². The molecule has 7 heteroatoms. The molecule has 2 N–H and O–H groups in total. The molecule has 0 bridgehead atoms. The van der Waals surface area contributed by atoms with E-state index in [1.807, 2.05) is 0 Å². The standard InChI is InChI=1S/C12H23N3O3S/c1-19(17,18)14-10-5-4-8-15(9-10)12(16)11-6-2-3-7-13-11/h10-11,13-14H,2-9H2,1H3/t10?,11-/m1/s1. The summed E-state index contributed by atoms with van der Waals surface area (Å²) in [5.74, 6) is 0.125. The van der Waals surface area contributed by atoms with E-state index in [2.05, 4.69) is 10.0 Å². The molecule has 1 amide bonds. The summed E-state index contributed by atoms with van der Waals surface area (Å²) in [6.07, 6.45) is 5.92. The maximum atomic E-state index is 12.4. The Morgan fingerprint density at radius 2 is 2.05 bits per heavy atom. The van der Waals surface area contributed by atoms with Gasteiger partial charge in [-0.25, -0.2) is 13.1 Å². The minimum absolute atomic E-state index is 0.0780. The first kappa shape index (κ1) is 14.7. The summed E-state index contributed by atoms with van der Waals surface area (Å²) in [6.45, 7) is 2.12. The van der Waals surface area contributed by atoms with Gasteiger partial charge in [-0.05, 0) is 32.2 Å². The van der Waals surface area contributed by atoms with E-state index in [0.717, 1.165) is 51.4 Å². The van der Waals surface area contributed by atoms with Gasteiger partial charge >= 0.3 is 0 Å². The fraction of sp³-hybridized carbons (Fsp3) is 0.917. The second kappa shape index (κ2) is 6.19. The molecule has 0 aromatic rings. The average molecular weight is 289 g/mol. The highest BCUT2D eigenvalue weighted by Crippen LogP contribution is 2.15. The van der Waals surface area contributed by atoms with Gasteiger partial charge in [0, 0.05) is 19.1 Å².